The van der Waals surface area contributed by atoms with Crippen LogP contribution >= 0.6 is 11.8 Å². The normalized spacial score (nSPS) is 12.5. The summed E-state index contributed by atoms with van der Waals surface area (Å²) in [6.07, 6.45) is 0.372. The van der Waals surface area contributed by atoms with E-state index in [2.05, 4.69) is 32.0 Å². The molecule has 1 aromatic carbocycles. The van der Waals surface area contributed by atoms with Crippen molar-refractivity contribution in [2.24, 2.45) is 5.73 Å². The van der Waals surface area contributed by atoms with Crippen LogP contribution in [0.4, 0.5) is 0 Å². The second-order valence-electron chi connectivity index (χ2n) is 3.70. The van der Waals surface area contributed by atoms with Gasteiger partial charge in [-0.25, -0.2) is 0 Å². The van der Waals surface area contributed by atoms with E-state index in [0.29, 0.717) is 11.7 Å². The number of benzene rings is 1. The van der Waals surface area contributed by atoms with E-state index in [-0.39, 0.29) is 6.04 Å². The maximum atomic E-state index is 8.54. The fourth-order valence-corrected chi connectivity index (χ4v) is 2.12. The molecule has 0 bridgehead atoms. The highest BCUT2D eigenvalue weighted by Gasteiger charge is 2.05. The minimum Gasteiger partial charge on any atom is -0.323 e. The van der Waals surface area contributed by atoms with E-state index in [1.165, 1.54) is 4.90 Å². The Balaban J connectivity index is 2.68. The number of hydrogen-bond acceptors (Lipinski definition) is 3. The third-order valence-corrected chi connectivity index (χ3v) is 3.01. The van der Waals surface area contributed by atoms with Crippen LogP contribution in [0.3, 0.4) is 0 Å². The number of nitrogens with two attached hydrogens (primary N) is 1. The summed E-state index contributed by atoms with van der Waals surface area (Å²) >= 11 is 1.83. The molecule has 0 fully saturated rings. The van der Waals surface area contributed by atoms with Crippen LogP contribution in [0.2, 0.25) is 0 Å². The van der Waals surface area contributed by atoms with Crippen LogP contribution in [0, 0.1) is 11.3 Å². The maximum absolute atomic E-state index is 8.54. The zero-order valence-electron chi connectivity index (χ0n) is 9.10. The Hall–Kier alpha value is -0.980. The number of nitrogens with zero attached hydrogens (tertiary/aromatic N) is 1. The minimum atomic E-state index is -0.159. The summed E-state index contributed by atoms with van der Waals surface area (Å²) in [7, 11) is 0. The van der Waals surface area contributed by atoms with E-state index in [9.17, 15) is 0 Å². The van der Waals surface area contributed by atoms with Crippen molar-refractivity contribution in [3.8, 4) is 6.07 Å². The highest BCUT2D eigenvalue weighted by Crippen LogP contribution is 2.24. The molecule has 80 valence electrons. The Morgan fingerprint density at radius 3 is 2.40 bits per heavy atom. The van der Waals surface area contributed by atoms with Crippen molar-refractivity contribution in [1.82, 2.24) is 0 Å². The highest BCUT2D eigenvalue weighted by atomic mass is 32.2. The predicted octanol–water partition coefficient (Wildman–Crippen LogP) is 3.10. The maximum Gasteiger partial charge on any atom is 0.0641 e. The first-order valence-electron chi connectivity index (χ1n) is 5.02. The van der Waals surface area contributed by atoms with Crippen LogP contribution in [-0.4, -0.2) is 5.25 Å². The number of nitriles is 1. The molecule has 1 unspecified atom stereocenters. The molecule has 1 atom stereocenters. The van der Waals surface area contributed by atoms with Crippen molar-refractivity contribution < 1.29 is 0 Å². The van der Waals surface area contributed by atoms with Gasteiger partial charge in [-0.2, -0.15) is 5.26 Å². The van der Waals surface area contributed by atoms with Gasteiger partial charge < -0.3 is 5.73 Å². The van der Waals surface area contributed by atoms with Crippen molar-refractivity contribution in [2.75, 3.05) is 0 Å². The van der Waals surface area contributed by atoms with Gasteiger partial charge in [0.2, 0.25) is 0 Å². The monoisotopic (exact) mass is 220 g/mol. The lowest BCUT2D eigenvalue weighted by atomic mass is 10.1. The molecule has 3 heteroatoms. The van der Waals surface area contributed by atoms with Crippen LogP contribution in [0.25, 0.3) is 0 Å². The molecular formula is C12H16N2S. The van der Waals surface area contributed by atoms with Gasteiger partial charge in [0.05, 0.1) is 12.5 Å². The van der Waals surface area contributed by atoms with Gasteiger partial charge in [-0.15, -0.1) is 11.8 Å². The van der Waals surface area contributed by atoms with Gasteiger partial charge in [0.1, 0.15) is 0 Å². The lowest BCUT2D eigenvalue weighted by Crippen LogP contribution is -2.08. The molecular weight excluding hydrogens is 204 g/mol. The van der Waals surface area contributed by atoms with Gasteiger partial charge in [-0.3, -0.25) is 0 Å². The second-order valence-corrected chi connectivity index (χ2v) is 5.35. The zero-order valence-corrected chi connectivity index (χ0v) is 9.92. The lowest BCUT2D eigenvalue weighted by molar-refractivity contribution is 0.747. The summed E-state index contributed by atoms with van der Waals surface area (Å²) in [5.41, 5.74) is 6.86. The van der Waals surface area contributed by atoms with Crippen LogP contribution in [0.15, 0.2) is 29.2 Å². The molecule has 15 heavy (non-hydrogen) atoms. The van der Waals surface area contributed by atoms with Gasteiger partial charge in [0.15, 0.2) is 0 Å². The third-order valence-electron chi connectivity index (χ3n) is 1.99. The van der Waals surface area contributed by atoms with Crippen molar-refractivity contribution in [3.05, 3.63) is 29.8 Å². The zero-order chi connectivity index (χ0) is 11.3. The average molecular weight is 220 g/mol. The van der Waals surface area contributed by atoms with E-state index in [1.807, 2.05) is 23.9 Å². The first kappa shape index (κ1) is 12.1. The molecule has 2 nitrogen and oxygen atoms in total. The largest absolute Gasteiger partial charge is 0.323 e. The number of thioether (sulfide) groups is 1. The molecule has 0 aliphatic carbocycles. The molecule has 1 aromatic rings. The van der Waals surface area contributed by atoms with Crippen molar-refractivity contribution >= 4 is 11.8 Å². The summed E-state index contributed by atoms with van der Waals surface area (Å²) in [5, 5.41) is 9.12. The molecule has 0 amide bonds. The Labute approximate surface area is 95.5 Å². The average Bonchev–Trinajstić information content (AvgIpc) is 2.18. The van der Waals surface area contributed by atoms with E-state index >= 15 is 0 Å². The summed E-state index contributed by atoms with van der Waals surface area (Å²) in [6.45, 7) is 4.33. The van der Waals surface area contributed by atoms with Crippen molar-refractivity contribution in [2.45, 2.75) is 36.5 Å². The molecule has 0 aromatic heterocycles. The van der Waals surface area contributed by atoms with Crippen molar-refractivity contribution in [1.29, 1.82) is 5.26 Å². The lowest BCUT2D eigenvalue weighted by Gasteiger charge is -2.09. The van der Waals surface area contributed by atoms with Gasteiger partial charge in [-0.1, -0.05) is 26.0 Å². The van der Waals surface area contributed by atoms with Gasteiger partial charge in [0.25, 0.3) is 0 Å². The first-order valence-corrected chi connectivity index (χ1v) is 5.90. The Kier molecular flexibility index (Phi) is 4.67. The van der Waals surface area contributed by atoms with E-state index in [0.717, 1.165) is 5.56 Å². The SMILES string of the molecule is CC(C)Sc1ccc(C(N)CC#N)cc1. The number of hydrogen-bond donors (Lipinski definition) is 1. The van der Waals surface area contributed by atoms with Crippen LogP contribution < -0.4 is 5.73 Å². The van der Waals surface area contributed by atoms with Gasteiger partial charge in [-0.05, 0) is 17.7 Å². The van der Waals surface area contributed by atoms with Gasteiger partial charge >= 0.3 is 0 Å². The van der Waals surface area contributed by atoms with E-state index < -0.39 is 0 Å². The fourth-order valence-electron chi connectivity index (χ4n) is 1.28. The molecule has 0 saturated heterocycles. The van der Waals surface area contributed by atoms with Crippen molar-refractivity contribution in [3.63, 3.8) is 0 Å². The molecule has 0 heterocycles. The van der Waals surface area contributed by atoms with Gasteiger partial charge in [0, 0.05) is 16.2 Å². The highest BCUT2D eigenvalue weighted by molar-refractivity contribution is 7.99. The smallest absolute Gasteiger partial charge is 0.0641 e. The second kappa shape index (κ2) is 5.79. The molecule has 1 rings (SSSR count). The molecule has 0 aliphatic heterocycles. The predicted molar refractivity (Wildman–Crippen MR) is 64.6 cm³/mol. The molecule has 0 radical (unpaired) electrons. The standard InChI is InChI=1S/C12H16N2S/c1-9(2)15-11-5-3-10(4-6-11)12(14)7-8-13/h3-6,9,12H,7,14H2,1-2H3. The number of rotatable bonds is 4. The Bertz CT molecular complexity index is 338. The van der Waals surface area contributed by atoms with E-state index in [4.69, 9.17) is 11.0 Å². The van der Waals surface area contributed by atoms with Crippen LogP contribution in [0.5, 0.6) is 0 Å². The van der Waals surface area contributed by atoms with Crippen LogP contribution in [0.1, 0.15) is 31.9 Å². The molecule has 0 saturated carbocycles. The summed E-state index contributed by atoms with van der Waals surface area (Å²) in [5.74, 6) is 0. The van der Waals surface area contributed by atoms with E-state index in [1.54, 1.807) is 0 Å². The summed E-state index contributed by atoms with van der Waals surface area (Å²) in [4.78, 5) is 1.25. The third kappa shape index (κ3) is 3.94. The Morgan fingerprint density at radius 1 is 1.33 bits per heavy atom. The Morgan fingerprint density at radius 2 is 1.93 bits per heavy atom. The minimum absolute atomic E-state index is 0.159. The topological polar surface area (TPSA) is 49.8 Å². The first-order chi connectivity index (χ1) is 7.13. The quantitative estimate of drug-likeness (QED) is 0.793. The summed E-state index contributed by atoms with van der Waals surface area (Å²) in [6, 6.07) is 10.1. The van der Waals surface area contributed by atoms with Crippen LogP contribution in [-0.2, 0) is 0 Å². The molecule has 0 spiro atoms. The molecule has 2 N–H and O–H groups in total. The fraction of sp³-hybridized carbons (Fsp3) is 0.417. The summed E-state index contributed by atoms with van der Waals surface area (Å²) < 4.78 is 0. The molecule has 0 aliphatic rings.